The van der Waals surface area contributed by atoms with Crippen LogP contribution >= 0.6 is 0 Å². The van der Waals surface area contributed by atoms with E-state index in [2.05, 4.69) is 42.7 Å². The number of para-hydroxylation sites is 1. The van der Waals surface area contributed by atoms with E-state index in [-0.39, 0.29) is 0 Å². The van der Waals surface area contributed by atoms with E-state index < -0.39 is 0 Å². The predicted octanol–water partition coefficient (Wildman–Crippen LogP) is 6.39. The second kappa shape index (κ2) is 8.43. The molecule has 0 aliphatic heterocycles. The zero-order valence-electron chi connectivity index (χ0n) is 19.2. The van der Waals surface area contributed by atoms with Crippen molar-refractivity contribution in [3.05, 3.63) is 90.3 Å². The van der Waals surface area contributed by atoms with Crippen molar-refractivity contribution in [1.82, 2.24) is 14.8 Å². The zero-order valence-corrected chi connectivity index (χ0v) is 19.2. The van der Waals surface area contributed by atoms with Crippen molar-refractivity contribution in [2.24, 2.45) is 0 Å². The number of hydrogen-bond acceptors (Lipinski definition) is 4. The van der Waals surface area contributed by atoms with Crippen molar-refractivity contribution < 1.29 is 9.47 Å². The van der Waals surface area contributed by atoms with Gasteiger partial charge in [0.15, 0.2) is 0 Å². The third-order valence-corrected chi connectivity index (χ3v) is 6.11. The molecular formula is C28H25N3O2. The number of aromatic nitrogens is 3. The van der Waals surface area contributed by atoms with Gasteiger partial charge >= 0.3 is 0 Å². The molecule has 5 rings (SSSR count). The van der Waals surface area contributed by atoms with Crippen LogP contribution in [0.2, 0.25) is 0 Å². The fourth-order valence-electron chi connectivity index (χ4n) is 4.48. The molecule has 0 spiro atoms. The molecule has 3 aromatic carbocycles. The van der Waals surface area contributed by atoms with Crippen LogP contribution in [0, 0.1) is 13.8 Å². The normalized spacial score (nSPS) is 11.0. The first-order valence-electron chi connectivity index (χ1n) is 10.8. The molecule has 0 atom stereocenters. The molecule has 0 saturated carbocycles. The molecular weight excluding hydrogens is 410 g/mol. The number of nitrogens with zero attached hydrogens (tertiary/aromatic N) is 3. The largest absolute Gasteiger partial charge is 0.497 e. The van der Waals surface area contributed by atoms with Crippen molar-refractivity contribution in [2.75, 3.05) is 14.2 Å². The summed E-state index contributed by atoms with van der Waals surface area (Å²) in [5.41, 5.74) is 7.10. The Labute approximate surface area is 193 Å². The topological polar surface area (TPSA) is 49.2 Å². The summed E-state index contributed by atoms with van der Waals surface area (Å²) in [5, 5.41) is 11.6. The van der Waals surface area contributed by atoms with Gasteiger partial charge < -0.3 is 14.0 Å². The van der Waals surface area contributed by atoms with E-state index in [0.717, 1.165) is 61.9 Å². The van der Waals surface area contributed by atoms with E-state index in [0.29, 0.717) is 0 Å². The maximum absolute atomic E-state index is 5.34. The van der Waals surface area contributed by atoms with Gasteiger partial charge in [-0.1, -0.05) is 18.2 Å². The molecule has 5 heteroatoms. The molecule has 2 heterocycles. The molecule has 5 nitrogen and oxygen atoms in total. The van der Waals surface area contributed by atoms with Gasteiger partial charge in [-0.15, -0.1) is 10.2 Å². The van der Waals surface area contributed by atoms with Gasteiger partial charge in [-0.2, -0.15) is 0 Å². The van der Waals surface area contributed by atoms with Gasteiger partial charge in [0.25, 0.3) is 0 Å². The minimum Gasteiger partial charge on any atom is -0.497 e. The van der Waals surface area contributed by atoms with Gasteiger partial charge in [-0.25, -0.2) is 0 Å². The molecule has 2 aromatic heterocycles. The Balaban J connectivity index is 1.82. The average molecular weight is 436 g/mol. The second-order valence-corrected chi connectivity index (χ2v) is 7.95. The van der Waals surface area contributed by atoms with Crippen LogP contribution in [0.3, 0.4) is 0 Å². The summed E-state index contributed by atoms with van der Waals surface area (Å²) in [5.74, 6) is 1.63. The summed E-state index contributed by atoms with van der Waals surface area (Å²) in [4.78, 5) is 0. The highest BCUT2D eigenvalue weighted by Gasteiger charge is 2.22. The minimum atomic E-state index is 0.813. The van der Waals surface area contributed by atoms with Gasteiger partial charge in [-0.3, -0.25) is 0 Å². The maximum Gasteiger partial charge on any atom is 0.118 e. The Morgan fingerprint density at radius 2 is 1.00 bits per heavy atom. The summed E-state index contributed by atoms with van der Waals surface area (Å²) in [6, 6.07) is 26.3. The van der Waals surface area contributed by atoms with E-state index in [4.69, 9.17) is 19.7 Å². The molecule has 164 valence electrons. The van der Waals surface area contributed by atoms with Crippen molar-refractivity contribution in [1.29, 1.82) is 0 Å². The summed E-state index contributed by atoms with van der Waals surface area (Å²) < 4.78 is 13.0. The van der Waals surface area contributed by atoms with Crippen LogP contribution in [0.15, 0.2) is 78.9 Å². The Morgan fingerprint density at radius 1 is 0.576 bits per heavy atom. The quantitative estimate of drug-likeness (QED) is 0.321. The van der Waals surface area contributed by atoms with Gasteiger partial charge in [0.05, 0.1) is 14.2 Å². The fraction of sp³-hybridized carbons (Fsp3) is 0.143. The molecule has 0 aliphatic carbocycles. The second-order valence-electron chi connectivity index (χ2n) is 7.95. The van der Waals surface area contributed by atoms with Crippen LogP contribution in [0.25, 0.3) is 39.0 Å². The van der Waals surface area contributed by atoms with Gasteiger partial charge in [0.1, 0.15) is 22.9 Å². The maximum atomic E-state index is 5.34. The van der Waals surface area contributed by atoms with E-state index in [1.54, 1.807) is 14.2 Å². The highest BCUT2D eigenvalue weighted by molar-refractivity contribution is 6.05. The van der Waals surface area contributed by atoms with Gasteiger partial charge in [0.2, 0.25) is 0 Å². The number of hydrogen-bond donors (Lipinski definition) is 0. The molecule has 0 N–H and O–H groups in total. The first kappa shape index (κ1) is 20.8. The number of rotatable bonds is 5. The highest BCUT2D eigenvalue weighted by atomic mass is 16.5. The van der Waals surface area contributed by atoms with E-state index in [1.165, 1.54) is 0 Å². The third kappa shape index (κ3) is 3.52. The van der Waals surface area contributed by atoms with Crippen molar-refractivity contribution >= 4 is 10.8 Å². The van der Waals surface area contributed by atoms with Crippen LogP contribution in [0.4, 0.5) is 0 Å². The number of methoxy groups -OCH3 is 2. The first-order chi connectivity index (χ1) is 16.1. The summed E-state index contributed by atoms with van der Waals surface area (Å²) in [6.07, 6.45) is 0. The molecule has 0 bridgehead atoms. The van der Waals surface area contributed by atoms with Crippen molar-refractivity contribution in [3.8, 4) is 39.7 Å². The molecule has 0 saturated heterocycles. The Hall–Kier alpha value is -4.12. The van der Waals surface area contributed by atoms with E-state index >= 15 is 0 Å². The summed E-state index contributed by atoms with van der Waals surface area (Å²) in [7, 11) is 3.34. The lowest BCUT2D eigenvalue weighted by atomic mass is 10.0. The molecule has 0 aliphatic rings. The lowest BCUT2D eigenvalue weighted by Gasteiger charge is -2.09. The summed E-state index contributed by atoms with van der Waals surface area (Å²) >= 11 is 0. The number of benzene rings is 3. The van der Waals surface area contributed by atoms with Crippen LogP contribution in [0.5, 0.6) is 11.5 Å². The predicted molar refractivity (Wildman–Crippen MR) is 132 cm³/mol. The van der Waals surface area contributed by atoms with Crippen LogP contribution in [-0.4, -0.2) is 29.0 Å². The summed E-state index contributed by atoms with van der Waals surface area (Å²) in [6.45, 7) is 4.30. The molecule has 0 fully saturated rings. The standard InChI is InChI=1S/C28H25N3O2/c1-18-25-26(19(2)31(18)22-8-6-5-7-9-22)28(21-12-16-24(33-4)17-13-21)30-29-27(25)20-10-14-23(32-3)15-11-20/h5-17H,1-4H3. The van der Waals surface area contributed by atoms with Crippen LogP contribution < -0.4 is 9.47 Å². The smallest absolute Gasteiger partial charge is 0.118 e. The van der Waals surface area contributed by atoms with E-state index in [1.807, 2.05) is 54.6 Å². The zero-order chi connectivity index (χ0) is 22.9. The SMILES string of the molecule is COc1ccc(-c2nnc(-c3ccc(OC)cc3)c3c(C)n(-c4ccccc4)c(C)c23)cc1. The number of aryl methyl sites for hydroxylation is 2. The fourth-order valence-corrected chi connectivity index (χ4v) is 4.48. The molecule has 33 heavy (non-hydrogen) atoms. The Kier molecular flexibility index (Phi) is 5.31. The third-order valence-electron chi connectivity index (χ3n) is 6.11. The van der Waals surface area contributed by atoms with Gasteiger partial charge in [0, 0.05) is 39.0 Å². The van der Waals surface area contributed by atoms with Gasteiger partial charge in [-0.05, 0) is 74.5 Å². The lowest BCUT2D eigenvalue weighted by Crippen LogP contribution is -1.98. The first-order valence-corrected chi connectivity index (χ1v) is 10.8. The molecule has 0 unspecified atom stereocenters. The molecule has 0 amide bonds. The van der Waals surface area contributed by atoms with Crippen LogP contribution in [-0.2, 0) is 0 Å². The monoisotopic (exact) mass is 435 g/mol. The van der Waals surface area contributed by atoms with Crippen molar-refractivity contribution in [3.63, 3.8) is 0 Å². The Morgan fingerprint density at radius 3 is 1.39 bits per heavy atom. The van der Waals surface area contributed by atoms with Crippen molar-refractivity contribution in [2.45, 2.75) is 13.8 Å². The minimum absolute atomic E-state index is 0.813. The molecule has 0 radical (unpaired) electrons. The lowest BCUT2D eigenvalue weighted by molar-refractivity contribution is 0.414. The molecule has 5 aromatic rings. The van der Waals surface area contributed by atoms with E-state index in [9.17, 15) is 0 Å². The Bertz CT molecular complexity index is 1330. The highest BCUT2D eigenvalue weighted by Crippen LogP contribution is 2.39. The van der Waals surface area contributed by atoms with Crippen LogP contribution in [0.1, 0.15) is 11.4 Å². The number of fused-ring (bicyclic) bond motifs is 1. The average Bonchev–Trinajstić information content (AvgIpc) is 3.14. The number of ether oxygens (including phenoxy) is 2.